The summed E-state index contributed by atoms with van der Waals surface area (Å²) in [6.07, 6.45) is -1.09. The number of alkyl halides is 1. The standard InChI is InChI=1S/C15H21BFNO5/c1-15(2,3)22-14(19)18-9-12-10-5-4-6-11(21-8-7-17)13(10)16(20)23-12/h4-6,12,20H,7-9H2,1-3H3,(H,18,19). The second-order valence-corrected chi connectivity index (χ2v) is 6.16. The van der Waals surface area contributed by atoms with E-state index in [-0.39, 0.29) is 13.2 Å². The zero-order valence-electron chi connectivity index (χ0n) is 13.5. The van der Waals surface area contributed by atoms with E-state index in [1.807, 2.05) is 0 Å². The third-order valence-electron chi connectivity index (χ3n) is 3.15. The van der Waals surface area contributed by atoms with Gasteiger partial charge in [-0.05, 0) is 32.4 Å². The average molecular weight is 325 g/mol. The Morgan fingerprint density at radius 1 is 1.48 bits per heavy atom. The number of halogens is 1. The number of carbonyl (C=O) groups is 1. The Bertz CT molecular complexity index is 563. The van der Waals surface area contributed by atoms with E-state index in [0.29, 0.717) is 16.8 Å². The summed E-state index contributed by atoms with van der Waals surface area (Å²) in [4.78, 5) is 11.7. The molecule has 0 aliphatic carbocycles. The van der Waals surface area contributed by atoms with E-state index in [2.05, 4.69) is 5.32 Å². The Morgan fingerprint density at radius 2 is 2.22 bits per heavy atom. The number of amides is 1. The van der Waals surface area contributed by atoms with Crippen LogP contribution in [0.15, 0.2) is 18.2 Å². The number of ether oxygens (including phenoxy) is 2. The molecule has 0 saturated carbocycles. The van der Waals surface area contributed by atoms with E-state index in [4.69, 9.17) is 14.1 Å². The lowest BCUT2D eigenvalue weighted by Gasteiger charge is -2.21. The molecule has 0 spiro atoms. The summed E-state index contributed by atoms with van der Waals surface area (Å²) in [7, 11) is -1.17. The molecule has 23 heavy (non-hydrogen) atoms. The molecule has 1 aromatic carbocycles. The third-order valence-corrected chi connectivity index (χ3v) is 3.15. The van der Waals surface area contributed by atoms with Gasteiger partial charge in [0.25, 0.3) is 0 Å². The maximum absolute atomic E-state index is 12.3. The second kappa shape index (κ2) is 7.19. The highest BCUT2D eigenvalue weighted by Gasteiger charge is 2.38. The van der Waals surface area contributed by atoms with Gasteiger partial charge in [0.1, 0.15) is 24.6 Å². The van der Waals surface area contributed by atoms with Crippen molar-refractivity contribution in [1.29, 1.82) is 0 Å². The summed E-state index contributed by atoms with van der Waals surface area (Å²) in [5, 5.41) is 12.7. The molecular weight excluding hydrogens is 304 g/mol. The summed E-state index contributed by atoms with van der Waals surface area (Å²) in [6, 6.07) is 5.15. The minimum Gasteiger partial charge on any atom is -0.491 e. The first kappa shape index (κ1) is 17.6. The van der Waals surface area contributed by atoms with Crippen LogP contribution in [0.3, 0.4) is 0 Å². The van der Waals surface area contributed by atoms with Crippen LogP contribution >= 0.6 is 0 Å². The van der Waals surface area contributed by atoms with Crippen molar-refractivity contribution in [3.8, 4) is 5.75 Å². The summed E-state index contributed by atoms with van der Waals surface area (Å²) >= 11 is 0. The van der Waals surface area contributed by atoms with Gasteiger partial charge >= 0.3 is 13.2 Å². The van der Waals surface area contributed by atoms with Crippen LogP contribution in [0.2, 0.25) is 0 Å². The number of carbonyl (C=O) groups excluding carboxylic acids is 1. The maximum Gasteiger partial charge on any atom is 0.495 e. The molecule has 8 heteroatoms. The van der Waals surface area contributed by atoms with Gasteiger partial charge in [-0.3, -0.25) is 0 Å². The van der Waals surface area contributed by atoms with Gasteiger partial charge in [-0.15, -0.1) is 0 Å². The molecule has 0 saturated heterocycles. The van der Waals surface area contributed by atoms with Gasteiger partial charge in [0.05, 0.1) is 6.10 Å². The molecule has 0 aromatic heterocycles. The number of fused-ring (bicyclic) bond motifs is 1. The normalized spacial score (nSPS) is 16.9. The molecule has 1 aliphatic heterocycles. The fraction of sp³-hybridized carbons (Fsp3) is 0.533. The van der Waals surface area contributed by atoms with Gasteiger partial charge in [-0.2, -0.15) is 0 Å². The molecule has 0 fully saturated rings. The van der Waals surface area contributed by atoms with Gasteiger partial charge in [-0.25, -0.2) is 9.18 Å². The smallest absolute Gasteiger partial charge is 0.491 e. The predicted octanol–water partition coefficient (Wildman–Crippen LogP) is 1.32. The molecule has 1 atom stereocenters. The molecule has 1 aliphatic rings. The number of nitrogens with one attached hydrogen (secondary N) is 1. The third kappa shape index (κ3) is 4.59. The van der Waals surface area contributed by atoms with Crippen LogP contribution in [0, 0.1) is 0 Å². The van der Waals surface area contributed by atoms with Gasteiger partial charge in [0, 0.05) is 12.0 Å². The van der Waals surface area contributed by atoms with E-state index in [1.165, 1.54) is 0 Å². The van der Waals surface area contributed by atoms with Crippen LogP contribution in [0.4, 0.5) is 9.18 Å². The Balaban J connectivity index is 2.04. The lowest BCUT2D eigenvalue weighted by molar-refractivity contribution is 0.0498. The minimum absolute atomic E-state index is 0.0933. The maximum atomic E-state index is 12.3. The number of benzene rings is 1. The van der Waals surface area contributed by atoms with Crippen molar-refractivity contribution >= 4 is 18.7 Å². The monoisotopic (exact) mass is 325 g/mol. The van der Waals surface area contributed by atoms with Gasteiger partial charge < -0.3 is 24.5 Å². The summed E-state index contributed by atoms with van der Waals surface area (Å²) in [5.41, 5.74) is 0.577. The van der Waals surface area contributed by atoms with E-state index in [0.717, 1.165) is 0 Å². The molecule has 1 unspecified atom stereocenters. The highest BCUT2D eigenvalue weighted by Crippen LogP contribution is 2.27. The van der Waals surface area contributed by atoms with Crippen molar-refractivity contribution < 1.29 is 28.3 Å². The van der Waals surface area contributed by atoms with E-state index in [1.54, 1.807) is 39.0 Å². The van der Waals surface area contributed by atoms with Crippen LogP contribution in [0.5, 0.6) is 5.75 Å². The fourth-order valence-electron chi connectivity index (χ4n) is 2.33. The second-order valence-electron chi connectivity index (χ2n) is 6.16. The van der Waals surface area contributed by atoms with Crippen LogP contribution < -0.4 is 15.5 Å². The van der Waals surface area contributed by atoms with Crippen LogP contribution in [-0.2, 0) is 9.39 Å². The molecule has 1 aromatic rings. The minimum atomic E-state index is -1.17. The number of rotatable bonds is 5. The van der Waals surface area contributed by atoms with E-state index in [9.17, 15) is 14.2 Å². The highest BCUT2D eigenvalue weighted by atomic mass is 19.1. The van der Waals surface area contributed by atoms with Crippen LogP contribution in [-0.4, -0.2) is 43.7 Å². The molecule has 2 rings (SSSR count). The van der Waals surface area contributed by atoms with Crippen molar-refractivity contribution in [1.82, 2.24) is 5.32 Å². The fourth-order valence-corrected chi connectivity index (χ4v) is 2.33. The highest BCUT2D eigenvalue weighted by molar-refractivity contribution is 6.62. The van der Waals surface area contributed by atoms with Crippen molar-refractivity contribution in [3.05, 3.63) is 23.8 Å². The number of alkyl carbamates (subject to hydrolysis) is 1. The quantitative estimate of drug-likeness (QED) is 0.799. The SMILES string of the molecule is CC(C)(C)OC(=O)NCC1OB(O)c2c(OCCF)cccc21. The average Bonchev–Trinajstić information content (AvgIpc) is 2.78. The largest absolute Gasteiger partial charge is 0.495 e. The predicted molar refractivity (Wildman–Crippen MR) is 83.6 cm³/mol. The Kier molecular flexibility index (Phi) is 5.48. The van der Waals surface area contributed by atoms with Gasteiger partial charge in [-0.1, -0.05) is 12.1 Å². The Morgan fingerprint density at radius 3 is 2.87 bits per heavy atom. The summed E-state index contributed by atoms with van der Waals surface area (Å²) < 4.78 is 28.1. The lowest BCUT2D eigenvalue weighted by atomic mass is 9.78. The lowest BCUT2D eigenvalue weighted by Crippen LogP contribution is -2.35. The topological polar surface area (TPSA) is 77.0 Å². The first-order valence-electron chi connectivity index (χ1n) is 7.44. The molecular formula is C15H21BFNO5. The van der Waals surface area contributed by atoms with Crippen molar-refractivity contribution in [3.63, 3.8) is 0 Å². The van der Waals surface area contributed by atoms with E-state index >= 15 is 0 Å². The molecule has 0 bridgehead atoms. The number of hydrogen-bond donors (Lipinski definition) is 2. The number of hydrogen-bond acceptors (Lipinski definition) is 5. The first-order valence-corrected chi connectivity index (χ1v) is 7.44. The molecule has 1 heterocycles. The molecule has 126 valence electrons. The Labute approximate surface area is 135 Å². The summed E-state index contributed by atoms with van der Waals surface area (Å²) in [6.45, 7) is 4.74. The van der Waals surface area contributed by atoms with Crippen molar-refractivity contribution in [2.75, 3.05) is 19.8 Å². The molecule has 0 radical (unpaired) electrons. The van der Waals surface area contributed by atoms with Crippen molar-refractivity contribution in [2.45, 2.75) is 32.5 Å². The zero-order chi connectivity index (χ0) is 17.0. The zero-order valence-corrected chi connectivity index (χ0v) is 13.5. The molecule has 1 amide bonds. The summed E-state index contributed by atoms with van der Waals surface area (Å²) in [5.74, 6) is 0.382. The van der Waals surface area contributed by atoms with Crippen LogP contribution in [0.25, 0.3) is 0 Å². The van der Waals surface area contributed by atoms with Gasteiger partial charge in [0.2, 0.25) is 0 Å². The Hall–Kier alpha value is -1.80. The molecule has 6 nitrogen and oxygen atoms in total. The molecule has 2 N–H and O–H groups in total. The first-order chi connectivity index (χ1) is 10.8. The van der Waals surface area contributed by atoms with Gasteiger partial charge in [0.15, 0.2) is 0 Å². The van der Waals surface area contributed by atoms with Crippen LogP contribution in [0.1, 0.15) is 32.4 Å². The van der Waals surface area contributed by atoms with E-state index < -0.39 is 31.6 Å². The van der Waals surface area contributed by atoms with Crippen molar-refractivity contribution in [2.24, 2.45) is 0 Å².